The Bertz CT molecular complexity index is 335. The van der Waals surface area contributed by atoms with Gasteiger partial charge in [-0.05, 0) is 20.5 Å². The second kappa shape index (κ2) is 11.7. The van der Waals surface area contributed by atoms with E-state index in [0.717, 1.165) is 6.54 Å². The van der Waals surface area contributed by atoms with Gasteiger partial charge in [0.15, 0.2) is 18.9 Å². The van der Waals surface area contributed by atoms with E-state index in [9.17, 15) is 0 Å². The summed E-state index contributed by atoms with van der Waals surface area (Å²) in [5, 5.41) is 0. The van der Waals surface area contributed by atoms with Gasteiger partial charge in [-0.15, -0.1) is 0 Å². The van der Waals surface area contributed by atoms with Crippen LogP contribution in [0.15, 0.2) is 30.6 Å². The maximum Gasteiger partial charge on any atom is 0.168 e. The first-order chi connectivity index (χ1) is 10.2. The van der Waals surface area contributed by atoms with Crippen LogP contribution in [-0.4, -0.2) is 25.0 Å². The van der Waals surface area contributed by atoms with Crippen molar-refractivity contribution in [1.29, 1.82) is 0 Å². The van der Waals surface area contributed by atoms with Crippen LogP contribution in [-0.2, 0) is 6.54 Å². The minimum absolute atomic E-state index is 0.650. The first kappa shape index (κ1) is 18.2. The summed E-state index contributed by atoms with van der Waals surface area (Å²) >= 11 is 0. The van der Waals surface area contributed by atoms with Crippen molar-refractivity contribution in [1.82, 2.24) is 4.90 Å². The van der Waals surface area contributed by atoms with Crippen LogP contribution in [0.5, 0.6) is 0 Å². The third kappa shape index (κ3) is 8.87. The van der Waals surface area contributed by atoms with Crippen LogP contribution in [0.1, 0.15) is 64.7 Å². The van der Waals surface area contributed by atoms with Crippen LogP contribution < -0.4 is 4.57 Å². The lowest BCUT2D eigenvalue weighted by Gasteiger charge is -2.21. The van der Waals surface area contributed by atoms with Crippen molar-refractivity contribution in [2.45, 2.75) is 77.3 Å². The highest BCUT2D eigenvalue weighted by Gasteiger charge is 2.15. The number of unbranched alkanes of at least 4 members (excludes halogenated alkanes) is 7. The van der Waals surface area contributed by atoms with Crippen LogP contribution in [0.25, 0.3) is 0 Å². The summed E-state index contributed by atoms with van der Waals surface area (Å²) in [6.45, 7) is 3.39. The summed E-state index contributed by atoms with van der Waals surface area (Å²) in [7, 11) is 4.41. The van der Waals surface area contributed by atoms with E-state index in [1.54, 1.807) is 0 Å². The maximum atomic E-state index is 2.38. The number of hydrogen-bond donors (Lipinski definition) is 0. The van der Waals surface area contributed by atoms with Crippen molar-refractivity contribution in [2.75, 3.05) is 14.1 Å². The first-order valence-electron chi connectivity index (χ1n) is 8.84. The molecule has 0 saturated carbocycles. The van der Waals surface area contributed by atoms with Gasteiger partial charge in [-0.3, -0.25) is 0 Å². The minimum atomic E-state index is 0.650. The van der Waals surface area contributed by atoms with E-state index < -0.39 is 0 Å². The third-order valence-corrected chi connectivity index (χ3v) is 4.32. The lowest BCUT2D eigenvalue weighted by Crippen LogP contribution is -2.44. The van der Waals surface area contributed by atoms with Gasteiger partial charge in [-0.2, -0.15) is 0 Å². The zero-order valence-corrected chi connectivity index (χ0v) is 14.4. The number of hydrogen-bond acceptors (Lipinski definition) is 1. The predicted molar refractivity (Wildman–Crippen MR) is 91.3 cm³/mol. The molecule has 0 aliphatic rings. The predicted octanol–water partition coefficient (Wildman–Crippen LogP) is 4.44. The van der Waals surface area contributed by atoms with E-state index >= 15 is 0 Å². The van der Waals surface area contributed by atoms with E-state index in [2.05, 4.69) is 61.1 Å². The SMILES string of the molecule is CCCCCCCCCCC(C[n+]1ccccc1)N(C)C. The second-order valence-electron chi connectivity index (χ2n) is 6.45. The third-order valence-electron chi connectivity index (χ3n) is 4.32. The van der Waals surface area contributed by atoms with Crippen molar-refractivity contribution in [3.63, 3.8) is 0 Å². The fourth-order valence-corrected chi connectivity index (χ4v) is 2.83. The quantitative estimate of drug-likeness (QED) is 0.408. The molecule has 1 aromatic heterocycles. The van der Waals surface area contributed by atoms with E-state index in [-0.39, 0.29) is 0 Å². The zero-order valence-electron chi connectivity index (χ0n) is 14.4. The molecule has 2 nitrogen and oxygen atoms in total. The van der Waals surface area contributed by atoms with Gasteiger partial charge in [0.05, 0.1) is 6.04 Å². The Morgan fingerprint density at radius 1 is 0.810 bits per heavy atom. The first-order valence-corrected chi connectivity index (χ1v) is 8.84. The monoisotopic (exact) mass is 291 g/mol. The lowest BCUT2D eigenvalue weighted by atomic mass is 10.0. The molecule has 0 spiro atoms. The zero-order chi connectivity index (χ0) is 15.3. The Morgan fingerprint density at radius 3 is 1.95 bits per heavy atom. The summed E-state index contributed by atoms with van der Waals surface area (Å²) in [4.78, 5) is 2.38. The summed E-state index contributed by atoms with van der Waals surface area (Å²) in [6, 6.07) is 6.96. The molecule has 1 rings (SSSR count). The van der Waals surface area contributed by atoms with Gasteiger partial charge < -0.3 is 4.90 Å². The number of pyridine rings is 1. The Morgan fingerprint density at radius 2 is 1.38 bits per heavy atom. The Hall–Kier alpha value is -0.890. The average molecular weight is 292 g/mol. The van der Waals surface area contributed by atoms with Gasteiger partial charge in [0, 0.05) is 12.1 Å². The molecule has 21 heavy (non-hydrogen) atoms. The van der Waals surface area contributed by atoms with Crippen molar-refractivity contribution < 1.29 is 4.57 Å². The standard InChI is InChI=1S/C19H35N2/c1-4-5-6-7-8-9-10-12-15-19(20(2)3)18-21-16-13-11-14-17-21/h11,13-14,16-17,19H,4-10,12,15,18H2,1-3H3/q+1. The van der Waals surface area contributed by atoms with Crippen LogP contribution in [0, 0.1) is 0 Å². The highest BCUT2D eigenvalue weighted by Crippen LogP contribution is 2.12. The molecule has 0 aromatic carbocycles. The molecule has 0 amide bonds. The lowest BCUT2D eigenvalue weighted by molar-refractivity contribution is -0.701. The van der Waals surface area contributed by atoms with E-state index in [4.69, 9.17) is 0 Å². The maximum absolute atomic E-state index is 2.38. The van der Waals surface area contributed by atoms with Crippen molar-refractivity contribution in [3.05, 3.63) is 30.6 Å². The number of aromatic nitrogens is 1. The summed E-state index contributed by atoms with van der Waals surface area (Å²) in [5.41, 5.74) is 0. The molecule has 2 heteroatoms. The highest BCUT2D eigenvalue weighted by molar-refractivity contribution is 4.83. The fourth-order valence-electron chi connectivity index (χ4n) is 2.83. The van der Waals surface area contributed by atoms with Gasteiger partial charge in [0.2, 0.25) is 0 Å². The summed E-state index contributed by atoms with van der Waals surface area (Å²) in [5.74, 6) is 0. The Balaban J connectivity index is 2.14. The molecule has 0 saturated heterocycles. The molecule has 1 atom stereocenters. The van der Waals surface area contributed by atoms with Crippen LogP contribution >= 0.6 is 0 Å². The normalized spacial score (nSPS) is 12.8. The summed E-state index contributed by atoms with van der Waals surface area (Å²) < 4.78 is 2.30. The topological polar surface area (TPSA) is 7.12 Å². The largest absolute Gasteiger partial charge is 0.301 e. The fraction of sp³-hybridized carbons (Fsp3) is 0.737. The minimum Gasteiger partial charge on any atom is -0.301 e. The Kier molecular flexibility index (Phi) is 10.1. The van der Waals surface area contributed by atoms with Crippen LogP contribution in [0.2, 0.25) is 0 Å². The van der Waals surface area contributed by atoms with Crippen molar-refractivity contribution in [3.8, 4) is 0 Å². The smallest absolute Gasteiger partial charge is 0.168 e. The van der Waals surface area contributed by atoms with Gasteiger partial charge in [-0.1, -0.05) is 64.4 Å². The molecular weight excluding hydrogens is 256 g/mol. The van der Waals surface area contributed by atoms with E-state index in [0.29, 0.717) is 6.04 Å². The molecule has 0 N–H and O–H groups in total. The molecule has 0 bridgehead atoms. The second-order valence-corrected chi connectivity index (χ2v) is 6.45. The van der Waals surface area contributed by atoms with Crippen molar-refractivity contribution in [2.24, 2.45) is 0 Å². The van der Waals surface area contributed by atoms with Gasteiger partial charge in [0.1, 0.15) is 0 Å². The highest BCUT2D eigenvalue weighted by atomic mass is 15.1. The molecule has 0 radical (unpaired) electrons. The molecule has 0 aliphatic heterocycles. The molecule has 0 fully saturated rings. The number of nitrogens with zero attached hydrogens (tertiary/aromatic N) is 2. The van der Waals surface area contributed by atoms with E-state index in [1.165, 1.54) is 57.8 Å². The summed E-state index contributed by atoms with van der Waals surface area (Å²) in [6.07, 6.45) is 16.9. The van der Waals surface area contributed by atoms with Crippen molar-refractivity contribution >= 4 is 0 Å². The molecule has 1 aromatic rings. The molecular formula is C19H35N2+. The molecule has 120 valence electrons. The molecule has 1 unspecified atom stereocenters. The molecule has 0 aliphatic carbocycles. The van der Waals surface area contributed by atoms with Gasteiger partial charge in [-0.25, -0.2) is 4.57 Å². The van der Waals surface area contributed by atoms with Gasteiger partial charge >= 0.3 is 0 Å². The average Bonchev–Trinajstić information content (AvgIpc) is 2.49. The van der Waals surface area contributed by atoms with Crippen LogP contribution in [0.3, 0.4) is 0 Å². The molecule has 1 heterocycles. The van der Waals surface area contributed by atoms with Gasteiger partial charge in [0.25, 0.3) is 0 Å². The number of likely N-dealkylation sites (N-methyl/N-ethyl adjacent to an activating group) is 1. The Labute approximate surface area is 132 Å². The number of rotatable bonds is 12. The van der Waals surface area contributed by atoms with E-state index in [1.807, 2.05) is 0 Å². The van der Waals surface area contributed by atoms with Crippen LogP contribution in [0.4, 0.5) is 0 Å².